The van der Waals surface area contributed by atoms with E-state index in [0.29, 0.717) is 22.8 Å². The Kier molecular flexibility index (Phi) is 8.44. The third-order valence-corrected chi connectivity index (χ3v) is 4.36. The maximum Gasteiger partial charge on any atom is 0.340 e. The molecule has 0 unspecified atom stereocenters. The van der Waals surface area contributed by atoms with Crippen LogP contribution in [0.1, 0.15) is 53.7 Å². The monoisotopic (exact) mass is 417 g/mol. The maximum atomic E-state index is 13.3. The van der Waals surface area contributed by atoms with Crippen molar-refractivity contribution in [1.82, 2.24) is 0 Å². The van der Waals surface area contributed by atoms with Gasteiger partial charge in [0.1, 0.15) is 18.1 Å². The lowest BCUT2D eigenvalue weighted by Crippen LogP contribution is -2.08. The summed E-state index contributed by atoms with van der Waals surface area (Å²) in [7, 11) is 0. The van der Waals surface area contributed by atoms with Crippen LogP contribution in [0.4, 0.5) is 0 Å². The third kappa shape index (κ3) is 6.23. The number of azide groups is 1. The van der Waals surface area contributed by atoms with Gasteiger partial charge in [0.25, 0.3) is 0 Å². The van der Waals surface area contributed by atoms with Crippen molar-refractivity contribution in [2.75, 3.05) is 13.2 Å². The average molecular weight is 417 g/mol. The van der Waals surface area contributed by atoms with Crippen LogP contribution in [0.15, 0.2) is 53.3 Å². The molecule has 0 atom stereocenters. The van der Waals surface area contributed by atoms with Gasteiger partial charge in [-0.25, -0.2) is 4.79 Å². The minimum atomic E-state index is -0.785. The summed E-state index contributed by atoms with van der Waals surface area (Å²) in [5.74, 6) is 2.04. The van der Waals surface area contributed by atoms with Gasteiger partial charge in [-0.1, -0.05) is 55.2 Å². The summed E-state index contributed by atoms with van der Waals surface area (Å²) in [6.07, 6.45) is 6.56. The highest BCUT2D eigenvalue weighted by molar-refractivity contribution is 6.11. The molecule has 0 spiro atoms. The van der Waals surface area contributed by atoms with Crippen LogP contribution in [0.5, 0.6) is 5.75 Å². The second-order valence-electron chi connectivity index (χ2n) is 6.79. The van der Waals surface area contributed by atoms with Gasteiger partial charge in [-0.2, -0.15) is 0 Å². The molecule has 0 heterocycles. The molecule has 0 saturated carbocycles. The summed E-state index contributed by atoms with van der Waals surface area (Å²) in [5.41, 5.74) is 10.8. The van der Waals surface area contributed by atoms with Gasteiger partial charge in [0.2, 0.25) is 0 Å². The quantitative estimate of drug-likeness (QED) is 0.105. The van der Waals surface area contributed by atoms with E-state index in [-0.39, 0.29) is 30.3 Å². The lowest BCUT2D eigenvalue weighted by Gasteiger charge is -2.11. The predicted molar refractivity (Wildman–Crippen MR) is 118 cm³/mol. The Balaban J connectivity index is 2.57. The second kappa shape index (κ2) is 11.2. The van der Waals surface area contributed by atoms with Crippen LogP contribution in [-0.2, 0) is 9.53 Å². The number of nitrogens with zero attached hydrogens (tertiary/aromatic N) is 3. The van der Waals surface area contributed by atoms with Crippen molar-refractivity contribution in [2.45, 2.75) is 26.7 Å². The molecule has 0 fully saturated rings. The molecule has 31 heavy (non-hydrogen) atoms. The lowest BCUT2D eigenvalue weighted by atomic mass is 9.95. The van der Waals surface area contributed by atoms with E-state index in [9.17, 15) is 9.59 Å². The average Bonchev–Trinajstić information content (AvgIpc) is 2.77. The van der Waals surface area contributed by atoms with E-state index in [2.05, 4.69) is 29.8 Å². The van der Waals surface area contributed by atoms with E-state index >= 15 is 0 Å². The molecule has 0 aliphatic carbocycles. The van der Waals surface area contributed by atoms with E-state index < -0.39 is 5.97 Å². The standard InChI is InChI=1S/C24H23N3O4/c1-5-13-31-20-12-11-19(14-22(26-27-25)24(29)30-6-2)21(15-20)23(28)18-9-7-17(8-10-18)16(3)4/h1,7-12,14-16H,6,13H2,2-4H3/b22-14-. The first-order valence-corrected chi connectivity index (χ1v) is 9.70. The molecule has 7 heteroatoms. The first-order valence-electron chi connectivity index (χ1n) is 9.70. The van der Waals surface area contributed by atoms with Crippen LogP contribution in [-0.4, -0.2) is 25.0 Å². The fourth-order valence-corrected chi connectivity index (χ4v) is 2.78. The van der Waals surface area contributed by atoms with Gasteiger partial charge in [-0.3, -0.25) is 4.79 Å². The van der Waals surface area contributed by atoms with E-state index in [0.717, 1.165) is 5.56 Å². The van der Waals surface area contributed by atoms with Gasteiger partial charge in [0, 0.05) is 16.0 Å². The van der Waals surface area contributed by atoms with Gasteiger partial charge in [0.15, 0.2) is 5.78 Å². The van der Waals surface area contributed by atoms with Crippen molar-refractivity contribution in [3.05, 3.63) is 80.9 Å². The molecular formula is C24H23N3O4. The minimum absolute atomic E-state index is 0.0404. The van der Waals surface area contributed by atoms with Crippen molar-refractivity contribution >= 4 is 17.8 Å². The molecule has 0 aliphatic heterocycles. The molecule has 0 amide bonds. The molecule has 2 aromatic rings. The van der Waals surface area contributed by atoms with Gasteiger partial charge in [0.05, 0.1) is 6.61 Å². The molecule has 0 N–H and O–H groups in total. The summed E-state index contributed by atoms with van der Waals surface area (Å²) < 4.78 is 10.4. The fraction of sp³-hybridized carbons (Fsp3) is 0.250. The van der Waals surface area contributed by atoms with Gasteiger partial charge in [-0.15, -0.1) is 6.42 Å². The zero-order valence-electron chi connectivity index (χ0n) is 17.7. The molecule has 0 aliphatic rings. The molecule has 0 saturated heterocycles. The Morgan fingerprint density at radius 2 is 1.94 bits per heavy atom. The number of benzene rings is 2. The van der Waals surface area contributed by atoms with E-state index in [1.807, 2.05) is 12.1 Å². The van der Waals surface area contributed by atoms with Crippen LogP contribution in [0.2, 0.25) is 0 Å². The Bertz CT molecular complexity index is 1070. The van der Waals surface area contributed by atoms with E-state index in [1.54, 1.807) is 37.3 Å². The van der Waals surface area contributed by atoms with Gasteiger partial charge < -0.3 is 9.47 Å². The Hall–Kier alpha value is -4.01. The molecule has 0 aromatic heterocycles. The summed E-state index contributed by atoms with van der Waals surface area (Å²) in [4.78, 5) is 28.1. The Morgan fingerprint density at radius 1 is 1.23 bits per heavy atom. The summed E-state index contributed by atoms with van der Waals surface area (Å²) >= 11 is 0. The number of hydrogen-bond donors (Lipinski definition) is 0. The molecule has 2 rings (SSSR count). The topological polar surface area (TPSA) is 101 Å². The number of carbonyl (C=O) groups is 2. The summed E-state index contributed by atoms with van der Waals surface area (Å²) in [6, 6.07) is 12.0. The minimum Gasteiger partial charge on any atom is -0.481 e. The first-order chi connectivity index (χ1) is 14.9. The van der Waals surface area contributed by atoms with Crippen molar-refractivity contribution in [2.24, 2.45) is 5.11 Å². The van der Waals surface area contributed by atoms with E-state index in [4.69, 9.17) is 21.4 Å². The fourth-order valence-electron chi connectivity index (χ4n) is 2.78. The van der Waals surface area contributed by atoms with Gasteiger partial charge >= 0.3 is 5.97 Å². The smallest absolute Gasteiger partial charge is 0.340 e. The third-order valence-electron chi connectivity index (χ3n) is 4.36. The van der Waals surface area contributed by atoms with Gasteiger partial charge in [-0.05, 0) is 47.7 Å². The van der Waals surface area contributed by atoms with Crippen LogP contribution >= 0.6 is 0 Å². The number of hydrogen-bond acceptors (Lipinski definition) is 5. The lowest BCUT2D eigenvalue weighted by molar-refractivity contribution is -0.138. The zero-order chi connectivity index (χ0) is 22.8. The number of rotatable bonds is 9. The Labute approximate surface area is 181 Å². The molecule has 7 nitrogen and oxygen atoms in total. The largest absolute Gasteiger partial charge is 0.481 e. The molecule has 158 valence electrons. The second-order valence-corrected chi connectivity index (χ2v) is 6.79. The highest BCUT2D eigenvalue weighted by Gasteiger charge is 2.17. The number of carbonyl (C=O) groups excluding carboxylic acids is 2. The maximum absolute atomic E-state index is 13.3. The molecule has 2 aromatic carbocycles. The molecule has 0 radical (unpaired) electrons. The summed E-state index contributed by atoms with van der Waals surface area (Å²) in [6.45, 7) is 5.93. The van der Waals surface area contributed by atoms with Crippen molar-refractivity contribution in [3.8, 4) is 18.1 Å². The normalized spacial score (nSPS) is 10.7. The van der Waals surface area contributed by atoms with Crippen LogP contribution in [0, 0.1) is 12.3 Å². The molecular weight excluding hydrogens is 394 g/mol. The summed E-state index contributed by atoms with van der Waals surface area (Å²) in [5, 5.41) is 3.41. The van der Waals surface area contributed by atoms with E-state index in [1.165, 1.54) is 6.08 Å². The van der Waals surface area contributed by atoms with Crippen LogP contribution in [0.25, 0.3) is 16.5 Å². The first kappa shape index (κ1) is 23.3. The number of esters is 1. The number of terminal acetylenes is 1. The van der Waals surface area contributed by atoms with Crippen LogP contribution in [0.3, 0.4) is 0 Å². The number of ketones is 1. The highest BCUT2D eigenvalue weighted by atomic mass is 16.5. The number of ether oxygens (including phenoxy) is 2. The van der Waals surface area contributed by atoms with Crippen LogP contribution < -0.4 is 4.74 Å². The van der Waals surface area contributed by atoms with Crippen molar-refractivity contribution < 1.29 is 19.1 Å². The van der Waals surface area contributed by atoms with Crippen molar-refractivity contribution in [1.29, 1.82) is 0 Å². The molecule has 0 bridgehead atoms. The predicted octanol–water partition coefficient (Wildman–Crippen LogP) is 5.27. The highest BCUT2D eigenvalue weighted by Crippen LogP contribution is 2.25. The zero-order valence-corrected chi connectivity index (χ0v) is 17.7. The van der Waals surface area contributed by atoms with Crippen molar-refractivity contribution in [3.63, 3.8) is 0 Å². The SMILES string of the molecule is C#CCOc1ccc(/C=C(\N=[N+]=[N-])C(=O)OCC)c(C(=O)c2ccc(C(C)C)cc2)c1. The Morgan fingerprint density at radius 3 is 2.52 bits per heavy atom.